The van der Waals surface area contributed by atoms with E-state index in [1.165, 1.54) is 25.7 Å². The Bertz CT molecular complexity index is 1430. The third-order valence-electron chi connectivity index (χ3n) is 11.0. The number of aromatic nitrogens is 3. The zero-order valence-electron chi connectivity index (χ0n) is 24.8. The lowest BCUT2D eigenvalue weighted by atomic mass is 9.58. The molecule has 42 heavy (non-hydrogen) atoms. The molecule has 0 spiro atoms. The van der Waals surface area contributed by atoms with Crippen LogP contribution in [0, 0.1) is 17.8 Å². The van der Waals surface area contributed by atoms with Gasteiger partial charge in [-0.2, -0.15) is 4.98 Å². The molecule has 3 heterocycles. The predicted octanol–water partition coefficient (Wildman–Crippen LogP) is 6.69. The Labute approximate surface area is 248 Å². The van der Waals surface area contributed by atoms with Crippen molar-refractivity contribution in [3.8, 4) is 11.3 Å². The molecule has 0 N–H and O–H groups in total. The first-order valence-electron chi connectivity index (χ1n) is 16.4. The monoisotopic (exact) mass is 569 g/mol. The molecule has 1 saturated heterocycles. The van der Waals surface area contributed by atoms with Crippen LogP contribution in [0.5, 0.6) is 0 Å². The van der Waals surface area contributed by atoms with Crippen LogP contribution in [0.2, 0.25) is 0 Å². The summed E-state index contributed by atoms with van der Waals surface area (Å²) in [5.41, 5.74) is 2.00. The largest absolute Gasteiger partial charge is 0.440 e. The summed E-state index contributed by atoms with van der Waals surface area (Å²) in [7, 11) is 2.16. The van der Waals surface area contributed by atoms with Gasteiger partial charge in [0.2, 0.25) is 11.8 Å². The molecule has 222 valence electrons. The number of oxazole rings is 1. The summed E-state index contributed by atoms with van der Waals surface area (Å²) in [5, 5.41) is 4.38. The normalized spacial score (nSPS) is 28.6. The fraction of sp³-hybridized carbons (Fsp3) is 0.647. The molecule has 4 saturated carbocycles. The van der Waals surface area contributed by atoms with Gasteiger partial charge in [-0.25, -0.2) is 4.98 Å². The Hall–Kier alpha value is -3.00. The molecule has 8 heteroatoms. The molecule has 2 bridgehead atoms. The summed E-state index contributed by atoms with van der Waals surface area (Å²) in [4.78, 5) is 28.3. The lowest BCUT2D eigenvalue weighted by molar-refractivity contribution is -0.124. The molecule has 5 fully saturated rings. The summed E-state index contributed by atoms with van der Waals surface area (Å²) in [5.74, 6) is 5.84. The molecule has 3 unspecified atom stereocenters. The van der Waals surface area contributed by atoms with Crippen molar-refractivity contribution < 1.29 is 13.7 Å². The highest BCUT2D eigenvalue weighted by Crippen LogP contribution is 2.53. The Balaban J connectivity index is 1.05. The molecule has 4 aliphatic carbocycles. The lowest BCUT2D eigenvalue weighted by Crippen LogP contribution is -2.48. The molecular weight excluding hydrogens is 526 g/mol. The van der Waals surface area contributed by atoms with E-state index < -0.39 is 0 Å². The van der Waals surface area contributed by atoms with Gasteiger partial charge >= 0.3 is 0 Å². The van der Waals surface area contributed by atoms with Crippen molar-refractivity contribution in [2.45, 2.75) is 94.3 Å². The topological polar surface area (TPSA) is 88.5 Å². The van der Waals surface area contributed by atoms with E-state index in [9.17, 15) is 4.79 Å². The Morgan fingerprint density at radius 3 is 2.69 bits per heavy atom. The SMILES string of the molecule is CN1CCC(C(=O)N(CC2CCC3(c4nc(C5CC5)no4)CCCC2C3)c2cccc(-c3cnc(C4CC4)o3)c2)CC1. The van der Waals surface area contributed by atoms with Gasteiger partial charge in [-0.05, 0) is 108 Å². The number of piperidine rings is 1. The predicted molar refractivity (Wildman–Crippen MR) is 159 cm³/mol. The van der Waals surface area contributed by atoms with Crippen LogP contribution in [0.3, 0.4) is 0 Å². The number of amides is 1. The smallest absolute Gasteiger partial charge is 0.232 e. The second kappa shape index (κ2) is 10.6. The van der Waals surface area contributed by atoms with E-state index in [-0.39, 0.29) is 17.2 Å². The van der Waals surface area contributed by atoms with E-state index in [0.717, 1.165) is 106 Å². The number of hydrogen-bond acceptors (Lipinski definition) is 7. The molecule has 0 radical (unpaired) electrons. The van der Waals surface area contributed by atoms with Crippen molar-refractivity contribution in [1.82, 2.24) is 20.0 Å². The van der Waals surface area contributed by atoms with Crippen LogP contribution < -0.4 is 4.90 Å². The average Bonchev–Trinajstić information content (AvgIpc) is 3.95. The van der Waals surface area contributed by atoms with Gasteiger partial charge in [-0.3, -0.25) is 4.79 Å². The van der Waals surface area contributed by atoms with Crippen LogP contribution in [0.15, 0.2) is 39.4 Å². The number of carbonyl (C=O) groups excluding carboxylic acids is 1. The maximum absolute atomic E-state index is 14.3. The number of benzene rings is 1. The number of hydrogen-bond donors (Lipinski definition) is 0. The molecular formula is C34H43N5O3. The maximum Gasteiger partial charge on any atom is 0.232 e. The first-order chi connectivity index (χ1) is 20.5. The Morgan fingerprint density at radius 1 is 1.05 bits per heavy atom. The van der Waals surface area contributed by atoms with Crippen LogP contribution in [0.25, 0.3) is 11.3 Å². The first-order valence-corrected chi connectivity index (χ1v) is 16.4. The Morgan fingerprint density at radius 2 is 1.88 bits per heavy atom. The second-order valence-electron chi connectivity index (χ2n) is 14.1. The quantitative estimate of drug-likeness (QED) is 0.299. The van der Waals surface area contributed by atoms with Gasteiger partial charge in [0.15, 0.2) is 17.5 Å². The number of fused-ring (bicyclic) bond motifs is 2. The zero-order chi connectivity index (χ0) is 28.3. The van der Waals surface area contributed by atoms with Crippen molar-refractivity contribution in [3.05, 3.63) is 48.1 Å². The van der Waals surface area contributed by atoms with Crippen LogP contribution in [0.4, 0.5) is 5.69 Å². The van der Waals surface area contributed by atoms with Crippen LogP contribution in [-0.2, 0) is 10.2 Å². The number of carbonyl (C=O) groups is 1. The van der Waals surface area contributed by atoms with Crippen LogP contribution >= 0.6 is 0 Å². The van der Waals surface area contributed by atoms with Gasteiger partial charge in [-0.1, -0.05) is 30.1 Å². The van der Waals surface area contributed by atoms with Gasteiger partial charge in [-0.15, -0.1) is 0 Å². The molecule has 8 rings (SSSR count). The van der Waals surface area contributed by atoms with Crippen LogP contribution in [-0.4, -0.2) is 52.6 Å². The minimum atomic E-state index is 0.0216. The highest BCUT2D eigenvalue weighted by atomic mass is 16.5. The van der Waals surface area contributed by atoms with Crippen molar-refractivity contribution in [3.63, 3.8) is 0 Å². The molecule has 2 aromatic heterocycles. The van der Waals surface area contributed by atoms with E-state index in [4.69, 9.17) is 13.9 Å². The van der Waals surface area contributed by atoms with E-state index in [2.05, 4.69) is 51.3 Å². The summed E-state index contributed by atoms with van der Waals surface area (Å²) in [6.07, 6.45) is 15.2. The molecule has 8 nitrogen and oxygen atoms in total. The Kier molecular flexibility index (Phi) is 6.73. The van der Waals surface area contributed by atoms with Gasteiger partial charge < -0.3 is 18.7 Å². The number of likely N-dealkylation sites (tertiary alicyclic amines) is 1. The third kappa shape index (κ3) is 5.10. The van der Waals surface area contributed by atoms with Gasteiger partial charge in [0.25, 0.3) is 0 Å². The van der Waals surface area contributed by atoms with Gasteiger partial charge in [0, 0.05) is 41.0 Å². The number of nitrogens with zero attached hydrogens (tertiary/aromatic N) is 5. The van der Waals surface area contributed by atoms with E-state index >= 15 is 0 Å². The summed E-state index contributed by atoms with van der Waals surface area (Å²) in [6, 6.07) is 8.41. The lowest BCUT2D eigenvalue weighted by Gasteiger charge is -2.48. The standard InChI is InChI=1S/C34H43N5O3/c1-38-16-12-24(13-17-38)32(40)39(28-6-2-4-25(18-28)29-20-35-31(41-29)23-9-10-23)21-27-11-15-34(14-3-5-26(27)19-34)33-36-30(37-42-33)22-7-8-22/h2,4,6,18,20,22-24,26-27H,3,5,7-17,19,21H2,1H3. The molecule has 5 aliphatic rings. The maximum atomic E-state index is 14.3. The minimum Gasteiger partial charge on any atom is -0.440 e. The highest BCUT2D eigenvalue weighted by Gasteiger charge is 2.49. The summed E-state index contributed by atoms with van der Waals surface area (Å²) >= 11 is 0. The fourth-order valence-corrected chi connectivity index (χ4v) is 8.03. The van der Waals surface area contributed by atoms with E-state index in [1.807, 2.05) is 6.20 Å². The average molecular weight is 570 g/mol. The van der Waals surface area contributed by atoms with Crippen LogP contribution in [0.1, 0.15) is 106 Å². The molecule has 3 atom stereocenters. The fourth-order valence-electron chi connectivity index (χ4n) is 8.03. The molecule has 1 aliphatic heterocycles. The van der Waals surface area contributed by atoms with E-state index in [0.29, 0.717) is 23.7 Å². The van der Waals surface area contributed by atoms with Crippen molar-refractivity contribution in [2.75, 3.05) is 31.6 Å². The first kappa shape index (κ1) is 26.6. The van der Waals surface area contributed by atoms with Crippen molar-refractivity contribution in [2.24, 2.45) is 17.8 Å². The number of rotatable bonds is 8. The van der Waals surface area contributed by atoms with Gasteiger partial charge in [0.1, 0.15) is 0 Å². The highest BCUT2D eigenvalue weighted by molar-refractivity contribution is 5.95. The van der Waals surface area contributed by atoms with Gasteiger partial charge in [0.05, 0.1) is 6.20 Å². The number of anilines is 1. The molecule has 1 amide bonds. The summed E-state index contributed by atoms with van der Waals surface area (Å²) in [6.45, 7) is 2.73. The second-order valence-corrected chi connectivity index (χ2v) is 14.1. The minimum absolute atomic E-state index is 0.0216. The van der Waals surface area contributed by atoms with Crippen molar-refractivity contribution >= 4 is 11.6 Å². The molecule has 1 aromatic carbocycles. The molecule has 3 aromatic rings. The van der Waals surface area contributed by atoms with E-state index in [1.54, 1.807) is 0 Å². The summed E-state index contributed by atoms with van der Waals surface area (Å²) < 4.78 is 12.1. The zero-order valence-corrected chi connectivity index (χ0v) is 24.8. The third-order valence-corrected chi connectivity index (χ3v) is 11.0. The van der Waals surface area contributed by atoms with Crippen molar-refractivity contribution in [1.29, 1.82) is 0 Å².